The van der Waals surface area contributed by atoms with Gasteiger partial charge in [0.15, 0.2) is 9.84 Å². The lowest BCUT2D eigenvalue weighted by Crippen LogP contribution is -2.18. The molecule has 0 atom stereocenters. The summed E-state index contributed by atoms with van der Waals surface area (Å²) in [6, 6.07) is 7.84. The fraction of sp³-hybridized carbons (Fsp3) is 0.214. The van der Waals surface area contributed by atoms with Crippen molar-refractivity contribution in [2.45, 2.75) is 18.4 Å². The third-order valence-corrected chi connectivity index (χ3v) is 4.18. The van der Waals surface area contributed by atoms with Crippen LogP contribution in [0.5, 0.6) is 0 Å². The van der Waals surface area contributed by atoms with Gasteiger partial charge in [0, 0.05) is 19.0 Å². The lowest BCUT2D eigenvalue weighted by Gasteiger charge is -2.10. The van der Waals surface area contributed by atoms with E-state index < -0.39 is 15.7 Å². The number of hydrogen-bond donors (Lipinski definition) is 2. The van der Waals surface area contributed by atoms with Crippen molar-refractivity contribution >= 4 is 27.1 Å². The van der Waals surface area contributed by atoms with E-state index in [0.29, 0.717) is 17.9 Å². The molecule has 0 saturated heterocycles. The van der Waals surface area contributed by atoms with Crippen LogP contribution in [0.4, 0.5) is 11.4 Å². The van der Waals surface area contributed by atoms with Gasteiger partial charge in [-0.05, 0) is 25.1 Å². The van der Waals surface area contributed by atoms with Gasteiger partial charge in [0.1, 0.15) is 5.69 Å². The molecule has 2 aromatic rings. The van der Waals surface area contributed by atoms with Crippen LogP contribution in [-0.4, -0.2) is 25.1 Å². The van der Waals surface area contributed by atoms with Gasteiger partial charge in [-0.2, -0.15) is 0 Å². The zero-order valence-corrected chi connectivity index (χ0v) is 12.6. The molecule has 0 radical (unpaired) electrons. The molecule has 6 nitrogen and oxygen atoms in total. The molecule has 0 aliphatic heterocycles. The molecule has 1 heterocycles. The molecule has 0 saturated carbocycles. The van der Waals surface area contributed by atoms with Crippen LogP contribution in [0, 0.1) is 0 Å². The second-order valence-corrected chi connectivity index (χ2v) is 6.65. The Balaban J connectivity index is 2.37. The normalized spacial score (nSPS) is 11.3. The summed E-state index contributed by atoms with van der Waals surface area (Å²) in [5.41, 5.74) is 6.82. The lowest BCUT2D eigenvalue weighted by molar-refractivity contribution is 0.101. The lowest BCUT2D eigenvalue weighted by atomic mass is 10.3. The molecule has 0 unspecified atom stereocenters. The van der Waals surface area contributed by atoms with E-state index in [-0.39, 0.29) is 10.6 Å². The highest BCUT2D eigenvalue weighted by Gasteiger charge is 2.17. The number of hydrogen-bond acceptors (Lipinski definition) is 4. The van der Waals surface area contributed by atoms with E-state index in [1.54, 1.807) is 35.0 Å². The molecule has 0 bridgehead atoms. The number of nitrogens with two attached hydrogens (primary N) is 1. The standard InChI is InChI=1S/C14H17N3O3S/c1-3-17-9-10(15)8-12(17)14(18)16-11-6-4-5-7-13(11)21(2,19)20/h4-9H,3,15H2,1-2H3,(H,16,18). The van der Waals surface area contributed by atoms with Crippen molar-refractivity contribution in [2.75, 3.05) is 17.3 Å². The quantitative estimate of drug-likeness (QED) is 0.899. The summed E-state index contributed by atoms with van der Waals surface area (Å²) in [6.45, 7) is 2.48. The zero-order chi connectivity index (χ0) is 15.6. The SMILES string of the molecule is CCn1cc(N)cc1C(=O)Nc1ccccc1S(C)(=O)=O. The van der Waals surface area contributed by atoms with Crippen LogP contribution in [-0.2, 0) is 16.4 Å². The van der Waals surface area contributed by atoms with Gasteiger partial charge in [0.25, 0.3) is 5.91 Å². The number of amides is 1. The fourth-order valence-corrected chi connectivity index (χ4v) is 2.91. The van der Waals surface area contributed by atoms with Gasteiger partial charge in [-0.3, -0.25) is 4.79 Å². The Morgan fingerprint density at radius 1 is 1.33 bits per heavy atom. The van der Waals surface area contributed by atoms with Crippen molar-refractivity contribution in [3.63, 3.8) is 0 Å². The third kappa shape index (κ3) is 3.25. The monoisotopic (exact) mass is 307 g/mol. The van der Waals surface area contributed by atoms with E-state index in [1.165, 1.54) is 6.07 Å². The number of carbonyl (C=O) groups is 1. The van der Waals surface area contributed by atoms with E-state index in [4.69, 9.17) is 5.73 Å². The third-order valence-electron chi connectivity index (χ3n) is 3.03. The Morgan fingerprint density at radius 3 is 2.62 bits per heavy atom. The predicted molar refractivity (Wildman–Crippen MR) is 82.0 cm³/mol. The number of nitrogens with one attached hydrogen (secondary N) is 1. The Hall–Kier alpha value is -2.28. The number of para-hydroxylation sites is 1. The van der Waals surface area contributed by atoms with Crippen LogP contribution in [0.15, 0.2) is 41.4 Å². The second kappa shape index (κ2) is 5.61. The van der Waals surface area contributed by atoms with Gasteiger partial charge in [-0.15, -0.1) is 0 Å². The number of anilines is 2. The topological polar surface area (TPSA) is 94.2 Å². The Bertz CT molecular complexity index is 779. The zero-order valence-electron chi connectivity index (χ0n) is 11.8. The molecule has 1 amide bonds. The Labute approximate surface area is 123 Å². The predicted octanol–water partition coefficient (Wildman–Crippen LogP) is 1.75. The van der Waals surface area contributed by atoms with Crippen LogP contribution in [0.3, 0.4) is 0 Å². The maximum Gasteiger partial charge on any atom is 0.272 e. The average molecular weight is 307 g/mol. The molecule has 1 aromatic carbocycles. The maximum absolute atomic E-state index is 12.3. The van der Waals surface area contributed by atoms with Gasteiger partial charge in [-0.1, -0.05) is 12.1 Å². The minimum absolute atomic E-state index is 0.0842. The largest absolute Gasteiger partial charge is 0.397 e. The number of aromatic nitrogens is 1. The smallest absolute Gasteiger partial charge is 0.272 e. The summed E-state index contributed by atoms with van der Waals surface area (Å²) >= 11 is 0. The molecule has 21 heavy (non-hydrogen) atoms. The van der Waals surface area contributed by atoms with E-state index >= 15 is 0 Å². The molecule has 2 rings (SSSR count). The summed E-state index contributed by atoms with van der Waals surface area (Å²) in [7, 11) is -3.42. The number of nitrogen functional groups attached to an aromatic ring is 1. The minimum Gasteiger partial charge on any atom is -0.397 e. The summed E-state index contributed by atoms with van der Waals surface area (Å²) in [5.74, 6) is -0.398. The maximum atomic E-state index is 12.3. The van der Waals surface area contributed by atoms with Crippen molar-refractivity contribution < 1.29 is 13.2 Å². The van der Waals surface area contributed by atoms with Crippen molar-refractivity contribution in [2.24, 2.45) is 0 Å². The van der Waals surface area contributed by atoms with Crippen LogP contribution in [0.25, 0.3) is 0 Å². The molecular formula is C14H17N3O3S. The van der Waals surface area contributed by atoms with Crippen molar-refractivity contribution in [1.82, 2.24) is 4.57 Å². The molecule has 0 spiro atoms. The van der Waals surface area contributed by atoms with Crippen molar-refractivity contribution in [1.29, 1.82) is 0 Å². The van der Waals surface area contributed by atoms with Crippen molar-refractivity contribution in [3.8, 4) is 0 Å². The molecule has 0 aliphatic rings. The highest BCUT2D eigenvalue weighted by Crippen LogP contribution is 2.22. The van der Waals surface area contributed by atoms with E-state index in [9.17, 15) is 13.2 Å². The molecular weight excluding hydrogens is 290 g/mol. The van der Waals surface area contributed by atoms with Gasteiger partial charge in [0.2, 0.25) is 0 Å². The Kier molecular flexibility index (Phi) is 4.04. The van der Waals surface area contributed by atoms with Gasteiger partial charge < -0.3 is 15.6 Å². The minimum atomic E-state index is -3.42. The molecule has 0 fully saturated rings. The second-order valence-electron chi connectivity index (χ2n) is 4.67. The first-order chi connectivity index (χ1) is 9.82. The fourth-order valence-electron chi connectivity index (χ4n) is 2.06. The number of carbonyl (C=O) groups excluding carboxylic acids is 1. The number of benzene rings is 1. The number of rotatable bonds is 4. The molecule has 7 heteroatoms. The van der Waals surface area contributed by atoms with Gasteiger partial charge in [-0.25, -0.2) is 8.42 Å². The van der Waals surface area contributed by atoms with Crippen LogP contribution in [0.2, 0.25) is 0 Å². The van der Waals surface area contributed by atoms with E-state index in [2.05, 4.69) is 5.32 Å². The average Bonchev–Trinajstić information content (AvgIpc) is 2.79. The van der Waals surface area contributed by atoms with Gasteiger partial charge >= 0.3 is 0 Å². The summed E-state index contributed by atoms with van der Waals surface area (Å²) in [6.07, 6.45) is 2.77. The molecule has 3 N–H and O–H groups in total. The number of sulfone groups is 1. The van der Waals surface area contributed by atoms with Crippen LogP contribution >= 0.6 is 0 Å². The van der Waals surface area contributed by atoms with Gasteiger partial charge in [0.05, 0.1) is 16.3 Å². The summed E-state index contributed by atoms with van der Waals surface area (Å²) < 4.78 is 25.1. The highest BCUT2D eigenvalue weighted by molar-refractivity contribution is 7.90. The van der Waals surface area contributed by atoms with Crippen LogP contribution < -0.4 is 11.1 Å². The molecule has 1 aromatic heterocycles. The highest BCUT2D eigenvalue weighted by atomic mass is 32.2. The van der Waals surface area contributed by atoms with Crippen LogP contribution in [0.1, 0.15) is 17.4 Å². The number of nitrogens with zero attached hydrogens (tertiary/aromatic N) is 1. The summed E-state index contributed by atoms with van der Waals surface area (Å²) in [5, 5.41) is 2.63. The first-order valence-electron chi connectivity index (χ1n) is 6.39. The summed E-state index contributed by atoms with van der Waals surface area (Å²) in [4.78, 5) is 12.4. The first-order valence-corrected chi connectivity index (χ1v) is 8.28. The Morgan fingerprint density at radius 2 is 2.00 bits per heavy atom. The molecule has 112 valence electrons. The van der Waals surface area contributed by atoms with E-state index in [1.807, 2.05) is 6.92 Å². The number of aryl methyl sites for hydroxylation is 1. The molecule has 0 aliphatic carbocycles. The first kappa shape index (κ1) is 15.1. The van der Waals surface area contributed by atoms with E-state index in [0.717, 1.165) is 6.26 Å². The van der Waals surface area contributed by atoms with Crippen molar-refractivity contribution in [3.05, 3.63) is 42.2 Å².